The van der Waals surface area contributed by atoms with Gasteiger partial charge in [0, 0.05) is 54.6 Å². The number of carbonyl (C=O) groups excluding carboxylic acids is 1. The predicted molar refractivity (Wildman–Crippen MR) is 134 cm³/mol. The molecule has 2 heterocycles. The van der Waals surface area contributed by atoms with Gasteiger partial charge in [-0.3, -0.25) is 4.79 Å². The third-order valence-corrected chi connectivity index (χ3v) is 5.13. The van der Waals surface area contributed by atoms with E-state index < -0.39 is 12.1 Å². The lowest BCUT2D eigenvalue weighted by Crippen LogP contribution is -2.24. The molecule has 2 aromatic heterocycles. The van der Waals surface area contributed by atoms with Gasteiger partial charge in [0.25, 0.3) is 5.91 Å². The van der Waals surface area contributed by atoms with Crippen LogP contribution < -0.4 is 15.4 Å². The van der Waals surface area contributed by atoms with Crippen molar-refractivity contribution in [3.05, 3.63) is 90.5 Å². The van der Waals surface area contributed by atoms with Crippen LogP contribution in [-0.2, 0) is 18.4 Å². The van der Waals surface area contributed by atoms with E-state index in [1.54, 1.807) is 24.1 Å². The van der Waals surface area contributed by atoms with Crippen LogP contribution in [0.1, 0.15) is 16.1 Å². The predicted octanol–water partition coefficient (Wildman–Crippen LogP) is 4.80. The van der Waals surface area contributed by atoms with Crippen LogP contribution in [0.4, 0.5) is 24.8 Å². The maximum atomic E-state index is 12.7. The van der Waals surface area contributed by atoms with Gasteiger partial charge in [-0.05, 0) is 24.3 Å². The van der Waals surface area contributed by atoms with E-state index in [0.29, 0.717) is 18.2 Å². The molecule has 0 spiro atoms. The van der Waals surface area contributed by atoms with E-state index in [1.807, 2.05) is 73.9 Å². The summed E-state index contributed by atoms with van der Waals surface area (Å²) in [4.78, 5) is 30.4. The Labute approximate surface area is 215 Å². The van der Waals surface area contributed by atoms with Crippen molar-refractivity contribution in [1.29, 1.82) is 0 Å². The fraction of sp³-hybridized carbons (Fsp3) is 0.154. The summed E-state index contributed by atoms with van der Waals surface area (Å²) in [5, 5.41) is 13.2. The SMILES string of the molecule is COc1ccccc1CNC(=O)c1cc(-c2cnc(Nc3ccccc3)nc2)cn1C.O=C(O)C(F)(F)F. The summed E-state index contributed by atoms with van der Waals surface area (Å²) in [5.74, 6) is -1.66. The molecule has 38 heavy (non-hydrogen) atoms. The summed E-state index contributed by atoms with van der Waals surface area (Å²) in [7, 11) is 3.46. The van der Waals surface area contributed by atoms with Crippen LogP contribution in [-0.4, -0.2) is 44.8 Å². The van der Waals surface area contributed by atoms with Crippen LogP contribution in [0.3, 0.4) is 0 Å². The zero-order chi connectivity index (χ0) is 27.7. The minimum absolute atomic E-state index is 0.164. The number of anilines is 2. The maximum Gasteiger partial charge on any atom is 0.490 e. The molecule has 0 radical (unpaired) electrons. The highest BCUT2D eigenvalue weighted by Crippen LogP contribution is 2.22. The molecule has 2 aromatic carbocycles. The zero-order valence-electron chi connectivity index (χ0n) is 20.4. The Bertz CT molecular complexity index is 1370. The number of aromatic nitrogens is 3. The fourth-order valence-electron chi connectivity index (χ4n) is 3.26. The first-order chi connectivity index (χ1) is 18.1. The minimum Gasteiger partial charge on any atom is -0.496 e. The van der Waals surface area contributed by atoms with Crippen molar-refractivity contribution in [2.45, 2.75) is 12.7 Å². The number of halogens is 3. The summed E-state index contributed by atoms with van der Waals surface area (Å²) in [5.41, 5.74) is 4.09. The molecule has 4 rings (SSSR count). The van der Waals surface area contributed by atoms with Gasteiger partial charge in [-0.2, -0.15) is 13.2 Å². The fourth-order valence-corrected chi connectivity index (χ4v) is 3.26. The molecule has 1 amide bonds. The van der Waals surface area contributed by atoms with Crippen LogP contribution in [0.5, 0.6) is 5.75 Å². The average Bonchev–Trinajstić information content (AvgIpc) is 3.30. The third-order valence-electron chi connectivity index (χ3n) is 5.13. The van der Waals surface area contributed by atoms with Gasteiger partial charge in [-0.25, -0.2) is 14.8 Å². The number of ether oxygens (including phenoxy) is 1. The van der Waals surface area contributed by atoms with Crippen LogP contribution >= 0.6 is 0 Å². The lowest BCUT2D eigenvalue weighted by Gasteiger charge is -2.09. The van der Waals surface area contributed by atoms with E-state index in [1.165, 1.54) is 0 Å². The zero-order valence-corrected chi connectivity index (χ0v) is 20.4. The van der Waals surface area contributed by atoms with Crippen LogP contribution in [0.15, 0.2) is 79.3 Å². The molecule has 0 fully saturated rings. The summed E-state index contributed by atoms with van der Waals surface area (Å²) in [6, 6.07) is 19.2. The number of carboxylic acid groups (broad SMARTS) is 1. The molecule has 0 aliphatic rings. The molecule has 0 saturated carbocycles. The smallest absolute Gasteiger partial charge is 0.490 e. The molecule has 0 saturated heterocycles. The number of carboxylic acids is 1. The summed E-state index contributed by atoms with van der Waals surface area (Å²) in [6.45, 7) is 0.381. The summed E-state index contributed by atoms with van der Waals surface area (Å²) >= 11 is 0. The second-order valence-corrected chi connectivity index (χ2v) is 7.81. The van der Waals surface area contributed by atoms with E-state index in [-0.39, 0.29) is 5.91 Å². The first-order valence-corrected chi connectivity index (χ1v) is 11.1. The second-order valence-electron chi connectivity index (χ2n) is 7.81. The number of rotatable bonds is 7. The Kier molecular flexibility index (Phi) is 9.04. The first-order valence-electron chi connectivity index (χ1n) is 11.1. The largest absolute Gasteiger partial charge is 0.496 e. The number of nitrogens with one attached hydrogen (secondary N) is 2. The monoisotopic (exact) mass is 527 g/mol. The quantitative estimate of drug-likeness (QED) is 0.316. The highest BCUT2D eigenvalue weighted by Gasteiger charge is 2.38. The van der Waals surface area contributed by atoms with E-state index in [0.717, 1.165) is 28.1 Å². The van der Waals surface area contributed by atoms with Crippen molar-refractivity contribution < 1.29 is 32.6 Å². The summed E-state index contributed by atoms with van der Waals surface area (Å²) in [6.07, 6.45) is 0.287. The molecule has 0 aliphatic carbocycles. The van der Waals surface area contributed by atoms with Crippen LogP contribution in [0.2, 0.25) is 0 Å². The van der Waals surface area contributed by atoms with Crippen LogP contribution in [0, 0.1) is 0 Å². The molecule has 9 nitrogen and oxygen atoms in total. The molecule has 0 aliphatic heterocycles. The Hall–Kier alpha value is -4.87. The number of para-hydroxylation sites is 2. The van der Waals surface area contributed by atoms with E-state index in [2.05, 4.69) is 20.6 Å². The molecule has 12 heteroatoms. The van der Waals surface area contributed by atoms with Crippen molar-refractivity contribution in [3.8, 4) is 16.9 Å². The lowest BCUT2D eigenvalue weighted by atomic mass is 10.2. The number of alkyl halides is 3. The normalized spacial score (nSPS) is 10.7. The lowest BCUT2D eigenvalue weighted by molar-refractivity contribution is -0.192. The molecule has 0 atom stereocenters. The number of benzene rings is 2. The number of amides is 1. The average molecular weight is 528 g/mol. The van der Waals surface area contributed by atoms with Crippen LogP contribution in [0.25, 0.3) is 11.1 Å². The number of carbonyl (C=O) groups is 2. The first kappa shape index (κ1) is 27.7. The van der Waals surface area contributed by atoms with Crippen molar-refractivity contribution in [2.24, 2.45) is 7.05 Å². The molecule has 4 aromatic rings. The van der Waals surface area contributed by atoms with Gasteiger partial charge in [-0.1, -0.05) is 36.4 Å². The topological polar surface area (TPSA) is 118 Å². The third kappa shape index (κ3) is 7.56. The van der Waals surface area contributed by atoms with Crippen molar-refractivity contribution in [2.75, 3.05) is 12.4 Å². The molecule has 0 bridgehead atoms. The van der Waals surface area contributed by atoms with Gasteiger partial charge < -0.3 is 25.0 Å². The van der Waals surface area contributed by atoms with Gasteiger partial charge in [-0.15, -0.1) is 0 Å². The Balaban J connectivity index is 0.000000505. The number of hydrogen-bond donors (Lipinski definition) is 3. The molecule has 0 unspecified atom stereocenters. The molecular formula is C26H24F3N5O4. The summed E-state index contributed by atoms with van der Waals surface area (Å²) < 4.78 is 38.9. The van der Waals surface area contributed by atoms with Gasteiger partial charge in [0.2, 0.25) is 5.95 Å². The van der Waals surface area contributed by atoms with E-state index >= 15 is 0 Å². The Morgan fingerprint density at radius 2 is 1.61 bits per heavy atom. The van der Waals surface area contributed by atoms with Crippen molar-refractivity contribution >= 4 is 23.5 Å². The molecule has 3 N–H and O–H groups in total. The molecular weight excluding hydrogens is 503 g/mol. The van der Waals surface area contributed by atoms with Crippen molar-refractivity contribution in [1.82, 2.24) is 19.9 Å². The van der Waals surface area contributed by atoms with Crippen molar-refractivity contribution in [3.63, 3.8) is 0 Å². The Morgan fingerprint density at radius 1 is 1.00 bits per heavy atom. The highest BCUT2D eigenvalue weighted by molar-refractivity contribution is 5.94. The molecule has 198 valence electrons. The standard InChI is InChI=1S/C24H23N5O2.C2HF3O2/c1-29-16-18(19-14-26-24(27-15-19)28-20-9-4-3-5-10-20)12-21(29)23(30)25-13-17-8-6-7-11-22(17)31-2;3-2(4,5)1(6)7/h3-12,14-16H,13H2,1-2H3,(H,25,30)(H,26,27,28);(H,6,7). The van der Waals surface area contributed by atoms with Gasteiger partial charge in [0.1, 0.15) is 11.4 Å². The van der Waals surface area contributed by atoms with Gasteiger partial charge in [0.15, 0.2) is 0 Å². The Morgan fingerprint density at radius 3 is 2.21 bits per heavy atom. The minimum atomic E-state index is -5.08. The number of aryl methyl sites for hydroxylation is 1. The second kappa shape index (κ2) is 12.4. The van der Waals surface area contributed by atoms with E-state index in [9.17, 15) is 18.0 Å². The number of nitrogens with zero attached hydrogens (tertiary/aromatic N) is 3. The van der Waals surface area contributed by atoms with Gasteiger partial charge >= 0.3 is 12.1 Å². The maximum absolute atomic E-state index is 12.7. The number of hydrogen-bond acceptors (Lipinski definition) is 6. The van der Waals surface area contributed by atoms with E-state index in [4.69, 9.17) is 14.6 Å². The van der Waals surface area contributed by atoms with Gasteiger partial charge in [0.05, 0.1) is 7.11 Å². The number of aliphatic carboxylic acids is 1. The number of methoxy groups -OCH3 is 1. The highest BCUT2D eigenvalue weighted by atomic mass is 19.4.